The molecular formula is C52H86O9Si. The molecule has 1 fully saturated rings. The lowest BCUT2D eigenvalue weighted by Gasteiger charge is -2.43. The fourth-order valence-corrected chi connectivity index (χ4v) is 15.5. The number of carbonyl (C=O) groups excluding carboxylic acids is 1. The van der Waals surface area contributed by atoms with Crippen molar-refractivity contribution in [1.29, 1.82) is 0 Å². The Morgan fingerprint density at radius 1 is 0.823 bits per heavy atom. The summed E-state index contributed by atoms with van der Waals surface area (Å²) in [6, 6.07) is 7.88. The number of rotatable bonds is 13. The van der Waals surface area contributed by atoms with E-state index in [4.69, 9.17) is 32.8 Å². The molecule has 2 bridgehead atoms. The fourth-order valence-electron chi connectivity index (χ4n) is 9.97. The number of aliphatic hydroxyl groups is 1. The molecule has 0 unspecified atom stereocenters. The van der Waals surface area contributed by atoms with Crippen LogP contribution >= 0.6 is 0 Å². The van der Waals surface area contributed by atoms with Crippen molar-refractivity contribution in [2.24, 2.45) is 29.6 Å². The van der Waals surface area contributed by atoms with E-state index >= 15 is 0 Å². The van der Waals surface area contributed by atoms with Gasteiger partial charge in [0.05, 0.1) is 37.6 Å². The van der Waals surface area contributed by atoms with Crippen molar-refractivity contribution in [3.05, 3.63) is 77.9 Å². The first-order chi connectivity index (χ1) is 29.4. The van der Waals surface area contributed by atoms with Crippen molar-refractivity contribution in [3.8, 4) is 5.75 Å². The number of hydrogen-bond acceptors (Lipinski definition) is 9. The summed E-state index contributed by atoms with van der Waals surface area (Å²) in [7, 11) is 3.08. The molecule has 2 aliphatic heterocycles. The number of cyclic esters (lactones) is 1. The highest BCUT2D eigenvalue weighted by atomic mass is 28.4. The molecular weight excluding hydrogens is 797 g/mol. The normalized spacial score (nSPS) is 31.9. The van der Waals surface area contributed by atoms with E-state index in [1.807, 2.05) is 56.3 Å². The standard InChI is InChI=1S/C52H86O9Si/c1-34(2)62(35(3)4,36(5)6)58-33-40(10)50(54)41(11)47-22-19-20-45(56-14)32-37(7)24-25-38(8)46(57-15)31-26-39(9)51-42(12)48(21-17-16-18-23-49(53)59-47)60-52(61-51)43-27-29-44(55-13)30-28-43/h16-20,23,25,27-30,34-37,39-42,45-48,50-52,54H,21-22,24,26,31-33H2,1-15H3/b17-16+,20-19+,23-18+,38-25+/t37-,39-,40+,41-,42-,45+,46+,47+,48-,50+,51-,52+/m1/s1. The molecule has 10 heteroatoms. The van der Waals surface area contributed by atoms with E-state index in [1.54, 1.807) is 27.4 Å². The Labute approximate surface area is 378 Å². The van der Waals surface area contributed by atoms with Crippen LogP contribution in [0.2, 0.25) is 16.6 Å². The molecule has 3 rings (SSSR count). The Morgan fingerprint density at radius 3 is 2.08 bits per heavy atom. The first-order valence-corrected chi connectivity index (χ1v) is 25.7. The lowest BCUT2D eigenvalue weighted by molar-refractivity contribution is -0.280. The van der Waals surface area contributed by atoms with Gasteiger partial charge in [-0.05, 0) is 85.2 Å². The molecule has 9 nitrogen and oxygen atoms in total. The van der Waals surface area contributed by atoms with Gasteiger partial charge in [0.15, 0.2) is 14.6 Å². The van der Waals surface area contributed by atoms with E-state index in [-0.39, 0.29) is 48.1 Å². The third-order valence-electron chi connectivity index (χ3n) is 13.9. The number of benzene rings is 1. The van der Waals surface area contributed by atoms with E-state index in [1.165, 1.54) is 11.6 Å². The van der Waals surface area contributed by atoms with Crippen LogP contribution in [0.4, 0.5) is 0 Å². The summed E-state index contributed by atoms with van der Waals surface area (Å²) in [6.45, 7) is 27.0. The van der Waals surface area contributed by atoms with Crippen LogP contribution in [0, 0.1) is 29.6 Å². The van der Waals surface area contributed by atoms with Gasteiger partial charge in [0.25, 0.3) is 0 Å². The first kappa shape index (κ1) is 53.8. The van der Waals surface area contributed by atoms with Crippen molar-refractivity contribution in [2.75, 3.05) is 27.9 Å². The highest BCUT2D eigenvalue weighted by Gasteiger charge is 2.46. The predicted octanol–water partition coefficient (Wildman–Crippen LogP) is 12.1. The minimum atomic E-state index is -2.13. The highest BCUT2D eigenvalue weighted by molar-refractivity contribution is 6.77. The molecule has 352 valence electrons. The Bertz CT molecular complexity index is 1550. The van der Waals surface area contributed by atoms with Gasteiger partial charge < -0.3 is 38.0 Å². The maximum Gasteiger partial charge on any atom is 0.331 e. The van der Waals surface area contributed by atoms with E-state index in [0.717, 1.165) is 37.0 Å². The first-order valence-electron chi connectivity index (χ1n) is 23.6. The van der Waals surface area contributed by atoms with E-state index < -0.39 is 32.8 Å². The predicted molar refractivity (Wildman–Crippen MR) is 255 cm³/mol. The average Bonchev–Trinajstić information content (AvgIpc) is 3.24. The van der Waals surface area contributed by atoms with Crippen LogP contribution in [0.1, 0.15) is 133 Å². The Balaban J connectivity index is 1.92. The minimum absolute atomic E-state index is 0.0165. The molecule has 2 aliphatic rings. The maximum atomic E-state index is 13.5. The van der Waals surface area contributed by atoms with Gasteiger partial charge in [0, 0.05) is 56.6 Å². The lowest BCUT2D eigenvalue weighted by atomic mass is 9.83. The van der Waals surface area contributed by atoms with Crippen LogP contribution in [0.5, 0.6) is 5.75 Å². The second-order valence-electron chi connectivity index (χ2n) is 19.4. The van der Waals surface area contributed by atoms with Crippen LogP contribution < -0.4 is 4.74 Å². The number of allylic oxidation sites excluding steroid dienone is 3. The van der Waals surface area contributed by atoms with Gasteiger partial charge in [-0.3, -0.25) is 0 Å². The molecule has 12 atom stereocenters. The van der Waals surface area contributed by atoms with Gasteiger partial charge in [-0.2, -0.15) is 0 Å². The summed E-state index contributed by atoms with van der Waals surface area (Å²) < 4.78 is 43.9. The Hall–Kier alpha value is -2.57. The second-order valence-corrected chi connectivity index (χ2v) is 24.9. The fraction of sp³-hybridized carbons (Fsp3) is 0.712. The summed E-state index contributed by atoms with van der Waals surface area (Å²) in [5, 5.41) is 11.8. The van der Waals surface area contributed by atoms with Crippen LogP contribution in [-0.4, -0.2) is 84.0 Å². The number of carbonyl (C=O) groups is 1. The summed E-state index contributed by atoms with van der Waals surface area (Å²) in [5.74, 6) is 0.555. The van der Waals surface area contributed by atoms with Crippen LogP contribution in [0.3, 0.4) is 0 Å². The molecule has 0 aliphatic carbocycles. The quantitative estimate of drug-likeness (QED) is 0.118. The smallest absolute Gasteiger partial charge is 0.331 e. The maximum absolute atomic E-state index is 13.5. The summed E-state index contributed by atoms with van der Waals surface area (Å²) >= 11 is 0. The summed E-state index contributed by atoms with van der Waals surface area (Å²) in [6.07, 6.45) is 16.2. The van der Waals surface area contributed by atoms with Crippen LogP contribution in [-0.2, 0) is 32.9 Å². The third kappa shape index (κ3) is 15.3. The lowest BCUT2D eigenvalue weighted by Crippen LogP contribution is -2.49. The molecule has 0 radical (unpaired) electrons. The van der Waals surface area contributed by atoms with E-state index in [9.17, 15) is 9.90 Å². The zero-order chi connectivity index (χ0) is 46.1. The summed E-state index contributed by atoms with van der Waals surface area (Å²) in [4.78, 5) is 13.5. The molecule has 0 aromatic heterocycles. The molecule has 2 heterocycles. The van der Waals surface area contributed by atoms with Crippen molar-refractivity contribution >= 4 is 14.3 Å². The minimum Gasteiger partial charge on any atom is -0.497 e. The van der Waals surface area contributed by atoms with Crippen LogP contribution in [0.15, 0.2) is 72.4 Å². The highest BCUT2D eigenvalue weighted by Crippen LogP contribution is 2.43. The van der Waals surface area contributed by atoms with E-state index in [0.29, 0.717) is 42.0 Å². The number of ether oxygens (including phenoxy) is 6. The number of hydrogen-bond donors (Lipinski definition) is 1. The average molecular weight is 883 g/mol. The zero-order valence-corrected chi connectivity index (χ0v) is 42.2. The molecule has 1 N–H and O–H groups in total. The zero-order valence-electron chi connectivity index (χ0n) is 41.2. The molecule has 0 saturated carbocycles. The van der Waals surface area contributed by atoms with Crippen molar-refractivity contribution in [3.63, 3.8) is 0 Å². The molecule has 1 saturated heterocycles. The van der Waals surface area contributed by atoms with Crippen molar-refractivity contribution in [2.45, 2.75) is 181 Å². The number of esters is 1. The monoisotopic (exact) mass is 883 g/mol. The molecule has 0 spiro atoms. The van der Waals surface area contributed by atoms with Gasteiger partial charge in [-0.1, -0.05) is 125 Å². The van der Waals surface area contributed by atoms with Crippen molar-refractivity contribution < 1.29 is 42.7 Å². The van der Waals surface area contributed by atoms with Gasteiger partial charge in [0.2, 0.25) is 0 Å². The molecule has 62 heavy (non-hydrogen) atoms. The SMILES string of the molecule is COc1ccc([C@@H]2O[C@H]3[C@H](C)[C@@H](C/C=C/C=C/C(=O)O[C@H]([C@@H](C)[C@@H](O)[C@@H](C)CO[Si](C(C)C)(C(C)C)C(C)C)C/C=C/[C@H](OC)C[C@H](C)C/C=C(\C)[C@@H](OC)CC[C@H]3C)O2)cc1. The van der Waals surface area contributed by atoms with Crippen LogP contribution in [0.25, 0.3) is 0 Å². The summed E-state index contributed by atoms with van der Waals surface area (Å²) in [5.41, 5.74) is 3.51. The number of fused-ring (bicyclic) bond motifs is 2. The molecule has 1 aromatic carbocycles. The molecule has 0 amide bonds. The number of methoxy groups -OCH3 is 3. The van der Waals surface area contributed by atoms with Gasteiger partial charge in [0.1, 0.15) is 11.9 Å². The van der Waals surface area contributed by atoms with E-state index in [2.05, 4.69) is 81.4 Å². The third-order valence-corrected chi connectivity index (χ3v) is 20.0. The van der Waals surface area contributed by atoms with Crippen molar-refractivity contribution in [1.82, 2.24) is 0 Å². The topological polar surface area (TPSA) is 102 Å². The number of aliphatic hydroxyl groups excluding tert-OH is 1. The Morgan fingerprint density at radius 2 is 1.48 bits per heavy atom. The largest absolute Gasteiger partial charge is 0.497 e. The second kappa shape index (κ2) is 26.4. The van der Waals surface area contributed by atoms with Gasteiger partial charge in [-0.15, -0.1) is 0 Å². The van der Waals surface area contributed by atoms with Gasteiger partial charge >= 0.3 is 5.97 Å². The Kier molecular flexibility index (Phi) is 22.9. The van der Waals surface area contributed by atoms with Gasteiger partial charge in [-0.25, -0.2) is 4.79 Å². The molecule has 1 aromatic rings.